The highest BCUT2D eigenvalue weighted by molar-refractivity contribution is 5.27. The fourth-order valence-electron chi connectivity index (χ4n) is 5.06. The standard InChI is InChI=1S/C31H36N6/c1-3-16-34-28(9-1)22-32-19-20-37(30-11-5-7-27-8-6-18-36-31(27)30)24-26-14-12-25(13-15-26)21-33-23-29-10-2-4-17-35-29/h1-4,6,8-10,12-18,30,32-33H,5,7,11,19-24H2. The molecule has 1 aliphatic rings. The van der Waals surface area contributed by atoms with Crippen LogP contribution < -0.4 is 10.6 Å². The number of nitrogens with zero attached hydrogens (tertiary/aromatic N) is 4. The highest BCUT2D eigenvalue weighted by Crippen LogP contribution is 2.33. The summed E-state index contributed by atoms with van der Waals surface area (Å²) in [6, 6.07) is 25.8. The summed E-state index contributed by atoms with van der Waals surface area (Å²) < 4.78 is 0. The lowest BCUT2D eigenvalue weighted by Crippen LogP contribution is -2.36. The van der Waals surface area contributed by atoms with E-state index in [0.717, 1.165) is 63.5 Å². The van der Waals surface area contributed by atoms with Crippen LogP contribution in [0.4, 0.5) is 0 Å². The summed E-state index contributed by atoms with van der Waals surface area (Å²) in [7, 11) is 0. The van der Waals surface area contributed by atoms with Gasteiger partial charge in [0.2, 0.25) is 0 Å². The lowest BCUT2D eigenvalue weighted by atomic mass is 9.90. The SMILES string of the molecule is c1ccc(CNCCN(Cc2ccc(CNCc3ccccn3)cc2)C2CCCc3cccnc32)nc1. The number of fused-ring (bicyclic) bond motifs is 1. The van der Waals surface area contributed by atoms with Gasteiger partial charge in [0.1, 0.15) is 0 Å². The van der Waals surface area contributed by atoms with Gasteiger partial charge in [0, 0.05) is 57.9 Å². The molecule has 0 saturated carbocycles. The zero-order chi connectivity index (χ0) is 25.1. The second-order valence-electron chi connectivity index (χ2n) is 9.67. The molecular weight excluding hydrogens is 456 g/mol. The maximum atomic E-state index is 4.83. The van der Waals surface area contributed by atoms with Crippen LogP contribution >= 0.6 is 0 Å². The largest absolute Gasteiger partial charge is 0.310 e. The fourth-order valence-corrected chi connectivity index (χ4v) is 5.06. The number of rotatable bonds is 12. The van der Waals surface area contributed by atoms with Gasteiger partial charge < -0.3 is 10.6 Å². The predicted molar refractivity (Wildman–Crippen MR) is 147 cm³/mol. The number of aromatic nitrogens is 3. The van der Waals surface area contributed by atoms with E-state index in [1.54, 1.807) is 0 Å². The molecule has 1 unspecified atom stereocenters. The monoisotopic (exact) mass is 492 g/mol. The minimum absolute atomic E-state index is 0.348. The molecule has 3 heterocycles. The summed E-state index contributed by atoms with van der Waals surface area (Å²) in [5.41, 5.74) is 7.42. The van der Waals surface area contributed by atoms with Crippen LogP contribution in [0, 0.1) is 0 Å². The topological polar surface area (TPSA) is 66.0 Å². The van der Waals surface area contributed by atoms with Crippen molar-refractivity contribution >= 4 is 0 Å². The molecule has 0 radical (unpaired) electrons. The molecule has 6 nitrogen and oxygen atoms in total. The maximum Gasteiger partial charge on any atom is 0.0607 e. The molecule has 4 aromatic rings. The molecule has 0 spiro atoms. The van der Waals surface area contributed by atoms with Crippen molar-refractivity contribution in [3.8, 4) is 0 Å². The molecule has 5 rings (SSSR count). The van der Waals surface area contributed by atoms with Crippen molar-refractivity contribution in [2.45, 2.75) is 51.5 Å². The molecule has 1 atom stereocenters. The Morgan fingerprint density at radius 2 is 1.41 bits per heavy atom. The van der Waals surface area contributed by atoms with Crippen LogP contribution in [0.25, 0.3) is 0 Å². The van der Waals surface area contributed by atoms with Gasteiger partial charge in [0.05, 0.1) is 23.1 Å². The van der Waals surface area contributed by atoms with E-state index in [9.17, 15) is 0 Å². The summed E-state index contributed by atoms with van der Waals surface area (Å²) in [5, 5.41) is 7.08. The van der Waals surface area contributed by atoms with Crippen LogP contribution in [0.15, 0.2) is 91.4 Å². The first kappa shape index (κ1) is 25.2. The third-order valence-electron chi connectivity index (χ3n) is 6.98. The molecule has 37 heavy (non-hydrogen) atoms. The van der Waals surface area contributed by atoms with E-state index < -0.39 is 0 Å². The Bertz CT molecular complexity index is 1210. The minimum Gasteiger partial charge on any atom is -0.310 e. The second-order valence-corrected chi connectivity index (χ2v) is 9.67. The van der Waals surface area contributed by atoms with Gasteiger partial charge in [-0.15, -0.1) is 0 Å². The maximum absolute atomic E-state index is 4.83. The van der Waals surface area contributed by atoms with Crippen LogP contribution in [-0.2, 0) is 32.6 Å². The van der Waals surface area contributed by atoms with Gasteiger partial charge in [-0.3, -0.25) is 19.9 Å². The van der Waals surface area contributed by atoms with E-state index in [-0.39, 0.29) is 0 Å². The van der Waals surface area contributed by atoms with E-state index >= 15 is 0 Å². The van der Waals surface area contributed by atoms with Crippen molar-refractivity contribution in [2.24, 2.45) is 0 Å². The van der Waals surface area contributed by atoms with Crippen molar-refractivity contribution in [2.75, 3.05) is 13.1 Å². The summed E-state index contributed by atoms with van der Waals surface area (Å²) in [6.07, 6.45) is 9.13. The third-order valence-corrected chi connectivity index (χ3v) is 6.98. The van der Waals surface area contributed by atoms with Gasteiger partial charge in [-0.1, -0.05) is 42.5 Å². The Labute approximate surface area is 220 Å². The Kier molecular flexibility index (Phi) is 8.99. The first-order chi connectivity index (χ1) is 18.3. The molecule has 2 N–H and O–H groups in total. The Morgan fingerprint density at radius 1 is 0.703 bits per heavy atom. The lowest BCUT2D eigenvalue weighted by molar-refractivity contribution is 0.166. The molecule has 1 aliphatic carbocycles. The van der Waals surface area contributed by atoms with Gasteiger partial charge >= 0.3 is 0 Å². The molecular formula is C31H36N6. The molecule has 0 bridgehead atoms. The van der Waals surface area contributed by atoms with Crippen molar-refractivity contribution < 1.29 is 0 Å². The van der Waals surface area contributed by atoms with Gasteiger partial charge in [0.25, 0.3) is 0 Å². The number of benzene rings is 1. The predicted octanol–water partition coefficient (Wildman–Crippen LogP) is 4.83. The van der Waals surface area contributed by atoms with Gasteiger partial charge in [-0.2, -0.15) is 0 Å². The first-order valence-electron chi connectivity index (χ1n) is 13.3. The number of hydrogen-bond acceptors (Lipinski definition) is 6. The van der Waals surface area contributed by atoms with E-state index in [0.29, 0.717) is 6.04 Å². The van der Waals surface area contributed by atoms with E-state index in [2.05, 4.69) is 68.0 Å². The number of hydrogen-bond donors (Lipinski definition) is 2. The van der Waals surface area contributed by atoms with Crippen LogP contribution in [-0.4, -0.2) is 32.9 Å². The number of pyridine rings is 3. The van der Waals surface area contributed by atoms with E-state index in [1.165, 1.54) is 28.8 Å². The van der Waals surface area contributed by atoms with Crippen LogP contribution in [0.1, 0.15) is 52.7 Å². The number of aryl methyl sites for hydroxylation is 1. The number of nitrogens with one attached hydrogen (secondary N) is 2. The zero-order valence-corrected chi connectivity index (χ0v) is 21.4. The smallest absolute Gasteiger partial charge is 0.0607 e. The van der Waals surface area contributed by atoms with Gasteiger partial charge in [-0.05, 0) is 66.3 Å². The molecule has 0 amide bonds. The van der Waals surface area contributed by atoms with Crippen LogP contribution in [0.2, 0.25) is 0 Å². The quantitative estimate of drug-likeness (QED) is 0.276. The summed E-state index contributed by atoms with van der Waals surface area (Å²) in [6.45, 7) is 5.17. The van der Waals surface area contributed by atoms with Crippen molar-refractivity contribution in [1.29, 1.82) is 0 Å². The highest BCUT2D eigenvalue weighted by atomic mass is 15.2. The van der Waals surface area contributed by atoms with Crippen molar-refractivity contribution in [1.82, 2.24) is 30.5 Å². The van der Waals surface area contributed by atoms with Crippen LogP contribution in [0.5, 0.6) is 0 Å². The Hall–Kier alpha value is -3.45. The minimum atomic E-state index is 0.348. The Morgan fingerprint density at radius 3 is 2.14 bits per heavy atom. The molecule has 190 valence electrons. The fraction of sp³-hybridized carbons (Fsp3) is 0.323. The third kappa shape index (κ3) is 7.29. The zero-order valence-electron chi connectivity index (χ0n) is 21.4. The molecule has 0 aliphatic heterocycles. The second kappa shape index (κ2) is 13.2. The molecule has 1 aromatic carbocycles. The van der Waals surface area contributed by atoms with Crippen molar-refractivity contribution in [3.05, 3.63) is 125 Å². The van der Waals surface area contributed by atoms with Crippen molar-refractivity contribution in [3.63, 3.8) is 0 Å². The Balaban J connectivity index is 1.21. The van der Waals surface area contributed by atoms with Gasteiger partial charge in [0.15, 0.2) is 0 Å². The lowest BCUT2D eigenvalue weighted by Gasteiger charge is -2.35. The summed E-state index contributed by atoms with van der Waals surface area (Å²) >= 11 is 0. The van der Waals surface area contributed by atoms with Crippen LogP contribution in [0.3, 0.4) is 0 Å². The highest BCUT2D eigenvalue weighted by Gasteiger charge is 2.27. The van der Waals surface area contributed by atoms with E-state index in [4.69, 9.17) is 4.98 Å². The first-order valence-corrected chi connectivity index (χ1v) is 13.3. The molecule has 0 fully saturated rings. The average Bonchev–Trinajstić information content (AvgIpc) is 2.96. The average molecular weight is 493 g/mol. The summed E-state index contributed by atoms with van der Waals surface area (Å²) in [4.78, 5) is 16.2. The normalized spacial score (nSPS) is 15.0. The summed E-state index contributed by atoms with van der Waals surface area (Å²) in [5.74, 6) is 0. The molecule has 3 aromatic heterocycles. The molecule has 6 heteroatoms. The van der Waals surface area contributed by atoms with E-state index in [1.807, 2.05) is 48.9 Å². The molecule has 0 saturated heterocycles. The van der Waals surface area contributed by atoms with Gasteiger partial charge in [-0.25, -0.2) is 0 Å².